The van der Waals surface area contributed by atoms with Gasteiger partial charge in [0.15, 0.2) is 5.79 Å². The summed E-state index contributed by atoms with van der Waals surface area (Å²) in [5, 5.41) is 10.5. The first kappa shape index (κ1) is 17.4. The molecule has 5 nitrogen and oxygen atoms in total. The zero-order valence-electron chi connectivity index (χ0n) is 13.3. The van der Waals surface area contributed by atoms with Gasteiger partial charge in [-0.2, -0.15) is 0 Å². The van der Waals surface area contributed by atoms with Crippen LogP contribution in [0.1, 0.15) is 24.2 Å². The fourth-order valence-corrected chi connectivity index (χ4v) is 2.47. The highest BCUT2D eigenvalue weighted by Crippen LogP contribution is 2.32. The number of esters is 1. The maximum atomic E-state index is 12.1. The van der Waals surface area contributed by atoms with Gasteiger partial charge < -0.3 is 19.3 Å². The van der Waals surface area contributed by atoms with Crippen LogP contribution in [0.3, 0.4) is 0 Å². The number of benzene rings is 1. The number of carbonyl (C=O) groups excluding carboxylic acids is 1. The molecular weight excluding hydrogens is 296 g/mol. The van der Waals surface area contributed by atoms with Crippen LogP contribution in [0.25, 0.3) is 0 Å². The number of rotatable bonds is 6. The summed E-state index contributed by atoms with van der Waals surface area (Å²) in [6, 6.07) is 8.55. The normalized spacial score (nSPS) is 25.3. The third-order valence-corrected chi connectivity index (χ3v) is 3.55. The Bertz CT molecular complexity index is 566. The molecular formula is C18H22O5. The largest absolute Gasteiger partial charge is 0.452 e. The predicted octanol–water partition coefficient (Wildman–Crippen LogP) is 2.47. The molecule has 1 saturated heterocycles. The van der Waals surface area contributed by atoms with Crippen molar-refractivity contribution in [2.24, 2.45) is 0 Å². The Morgan fingerprint density at radius 1 is 1.30 bits per heavy atom. The molecule has 23 heavy (non-hydrogen) atoms. The van der Waals surface area contributed by atoms with Gasteiger partial charge in [-0.25, -0.2) is 4.79 Å². The van der Waals surface area contributed by atoms with Crippen LogP contribution in [0.2, 0.25) is 0 Å². The Balaban J connectivity index is 2.09. The SMILES string of the molecule is C=C[C@H](OC(=O)c1ccccc1)[C@H](O)[C@@H]1OC(C)(C)O[C@@H]1C=C. The van der Waals surface area contributed by atoms with Gasteiger partial charge in [-0.05, 0) is 32.1 Å². The maximum absolute atomic E-state index is 12.1. The van der Waals surface area contributed by atoms with Crippen molar-refractivity contribution >= 4 is 5.97 Å². The molecule has 1 aliphatic rings. The summed E-state index contributed by atoms with van der Waals surface area (Å²) in [7, 11) is 0. The summed E-state index contributed by atoms with van der Waals surface area (Å²) in [5.74, 6) is -1.39. The lowest BCUT2D eigenvalue weighted by Gasteiger charge is -2.26. The number of hydrogen-bond donors (Lipinski definition) is 1. The first-order chi connectivity index (χ1) is 10.9. The quantitative estimate of drug-likeness (QED) is 0.645. The first-order valence-corrected chi connectivity index (χ1v) is 7.43. The van der Waals surface area contributed by atoms with Crippen molar-refractivity contribution in [3.63, 3.8) is 0 Å². The molecule has 0 amide bonds. The lowest BCUT2D eigenvalue weighted by molar-refractivity contribution is -0.159. The molecule has 1 aromatic carbocycles. The Labute approximate surface area is 136 Å². The molecule has 5 heteroatoms. The molecule has 1 aromatic rings. The Morgan fingerprint density at radius 2 is 1.96 bits per heavy atom. The van der Waals surface area contributed by atoms with Crippen molar-refractivity contribution in [2.75, 3.05) is 0 Å². The molecule has 2 rings (SSSR count). The monoisotopic (exact) mass is 318 g/mol. The van der Waals surface area contributed by atoms with E-state index in [-0.39, 0.29) is 0 Å². The topological polar surface area (TPSA) is 65.0 Å². The zero-order valence-corrected chi connectivity index (χ0v) is 13.3. The van der Waals surface area contributed by atoms with E-state index in [1.54, 1.807) is 50.3 Å². The second-order valence-corrected chi connectivity index (χ2v) is 5.76. The molecule has 0 bridgehead atoms. The minimum Gasteiger partial charge on any atom is -0.452 e. The summed E-state index contributed by atoms with van der Waals surface area (Å²) in [5.41, 5.74) is 0.399. The average Bonchev–Trinajstić information content (AvgIpc) is 2.87. The van der Waals surface area contributed by atoms with Gasteiger partial charge in [0.05, 0.1) is 5.56 Å². The van der Waals surface area contributed by atoms with E-state index < -0.39 is 36.2 Å². The van der Waals surface area contributed by atoms with Gasteiger partial charge in [0.2, 0.25) is 0 Å². The van der Waals surface area contributed by atoms with Crippen LogP contribution >= 0.6 is 0 Å². The van der Waals surface area contributed by atoms with Crippen LogP contribution in [0, 0.1) is 0 Å². The lowest BCUT2D eigenvalue weighted by Crippen LogP contribution is -2.43. The second kappa shape index (κ2) is 7.08. The summed E-state index contributed by atoms with van der Waals surface area (Å²) in [6.45, 7) is 10.8. The highest BCUT2D eigenvalue weighted by atomic mass is 16.8. The Kier molecular flexibility index (Phi) is 5.36. The van der Waals surface area contributed by atoms with E-state index in [4.69, 9.17) is 14.2 Å². The molecule has 0 aliphatic carbocycles. The van der Waals surface area contributed by atoms with Crippen molar-refractivity contribution < 1.29 is 24.1 Å². The molecule has 0 unspecified atom stereocenters. The van der Waals surface area contributed by atoms with Gasteiger partial charge in [0.1, 0.15) is 24.4 Å². The summed E-state index contributed by atoms with van der Waals surface area (Å²) < 4.78 is 16.7. The Hall–Kier alpha value is -1.95. The van der Waals surface area contributed by atoms with E-state index in [1.807, 2.05) is 0 Å². The smallest absolute Gasteiger partial charge is 0.338 e. The van der Waals surface area contributed by atoms with Gasteiger partial charge in [-0.15, -0.1) is 6.58 Å². The van der Waals surface area contributed by atoms with E-state index in [0.717, 1.165) is 0 Å². The van der Waals surface area contributed by atoms with Gasteiger partial charge in [-0.1, -0.05) is 30.9 Å². The molecule has 4 atom stereocenters. The van der Waals surface area contributed by atoms with E-state index in [2.05, 4.69) is 13.2 Å². The highest BCUT2D eigenvalue weighted by molar-refractivity contribution is 5.89. The zero-order chi connectivity index (χ0) is 17.0. The summed E-state index contributed by atoms with van der Waals surface area (Å²) in [6.07, 6.45) is -0.313. The molecule has 1 N–H and O–H groups in total. The van der Waals surface area contributed by atoms with Crippen molar-refractivity contribution in [1.82, 2.24) is 0 Å². The first-order valence-electron chi connectivity index (χ1n) is 7.43. The molecule has 1 aliphatic heterocycles. The van der Waals surface area contributed by atoms with Crippen molar-refractivity contribution in [2.45, 2.75) is 44.1 Å². The number of hydrogen-bond acceptors (Lipinski definition) is 5. The van der Waals surface area contributed by atoms with Gasteiger partial charge >= 0.3 is 5.97 Å². The summed E-state index contributed by atoms with van der Waals surface area (Å²) >= 11 is 0. The van der Waals surface area contributed by atoms with Crippen LogP contribution in [0.15, 0.2) is 55.6 Å². The van der Waals surface area contributed by atoms with Crippen LogP contribution in [0.5, 0.6) is 0 Å². The molecule has 0 radical (unpaired) electrons. The van der Waals surface area contributed by atoms with Crippen molar-refractivity contribution in [3.8, 4) is 0 Å². The molecule has 0 aromatic heterocycles. The van der Waals surface area contributed by atoms with Crippen molar-refractivity contribution in [3.05, 3.63) is 61.2 Å². The minimum atomic E-state index is -1.12. The van der Waals surface area contributed by atoms with E-state index in [1.165, 1.54) is 6.08 Å². The lowest BCUT2D eigenvalue weighted by atomic mass is 10.0. The molecule has 124 valence electrons. The van der Waals surface area contributed by atoms with Gasteiger partial charge in [0, 0.05) is 0 Å². The highest BCUT2D eigenvalue weighted by Gasteiger charge is 2.46. The number of aliphatic hydroxyl groups is 1. The number of carbonyl (C=O) groups is 1. The van der Waals surface area contributed by atoms with Crippen LogP contribution in [0.4, 0.5) is 0 Å². The van der Waals surface area contributed by atoms with Crippen molar-refractivity contribution in [1.29, 1.82) is 0 Å². The summed E-state index contributed by atoms with van der Waals surface area (Å²) in [4.78, 5) is 12.1. The average molecular weight is 318 g/mol. The number of ether oxygens (including phenoxy) is 3. The fraction of sp³-hybridized carbons (Fsp3) is 0.389. The predicted molar refractivity (Wildman–Crippen MR) is 85.9 cm³/mol. The molecule has 1 heterocycles. The molecule has 0 spiro atoms. The standard InChI is InChI=1S/C18H22O5/c1-5-13(21-17(20)12-10-8-7-9-11-12)15(19)16-14(6-2)22-18(3,4)23-16/h5-11,13-16,19H,1-2H2,3-4H3/t13-,14+,15-,16+/m0/s1. The van der Waals surface area contributed by atoms with Crippen LogP contribution < -0.4 is 0 Å². The second-order valence-electron chi connectivity index (χ2n) is 5.76. The minimum absolute atomic E-state index is 0.399. The van der Waals surface area contributed by atoms with E-state index in [9.17, 15) is 9.90 Å². The van der Waals surface area contributed by atoms with Crippen LogP contribution in [-0.2, 0) is 14.2 Å². The van der Waals surface area contributed by atoms with Gasteiger partial charge in [0.25, 0.3) is 0 Å². The van der Waals surface area contributed by atoms with E-state index in [0.29, 0.717) is 5.56 Å². The third-order valence-electron chi connectivity index (χ3n) is 3.55. The maximum Gasteiger partial charge on any atom is 0.338 e. The fourth-order valence-electron chi connectivity index (χ4n) is 2.47. The Morgan fingerprint density at radius 3 is 2.52 bits per heavy atom. The van der Waals surface area contributed by atoms with E-state index >= 15 is 0 Å². The third kappa shape index (κ3) is 4.07. The van der Waals surface area contributed by atoms with Crippen LogP contribution in [-0.4, -0.2) is 41.3 Å². The van der Waals surface area contributed by atoms with Gasteiger partial charge in [-0.3, -0.25) is 0 Å². The number of aliphatic hydroxyl groups excluding tert-OH is 1. The molecule has 1 fully saturated rings. The molecule has 0 saturated carbocycles.